The van der Waals surface area contributed by atoms with Crippen LogP contribution in [0.15, 0.2) is 12.1 Å². The summed E-state index contributed by atoms with van der Waals surface area (Å²) >= 11 is 17.4. The molecule has 1 aromatic carbocycles. The molecule has 0 radical (unpaired) electrons. The molecule has 0 spiro atoms. The fourth-order valence-electron chi connectivity index (χ4n) is 1.25. The Kier molecular flexibility index (Phi) is 5.87. The van der Waals surface area contributed by atoms with Gasteiger partial charge in [0.1, 0.15) is 0 Å². The number of halogens is 3. The van der Waals surface area contributed by atoms with Crippen molar-refractivity contribution in [2.75, 3.05) is 5.32 Å². The van der Waals surface area contributed by atoms with Gasteiger partial charge >= 0.3 is 5.97 Å². The zero-order valence-electron chi connectivity index (χ0n) is 9.62. The summed E-state index contributed by atoms with van der Waals surface area (Å²) in [7, 11) is 0. The maximum Gasteiger partial charge on any atom is 0.303 e. The van der Waals surface area contributed by atoms with Crippen molar-refractivity contribution in [2.24, 2.45) is 5.73 Å². The normalized spacial score (nSPS) is 12.0. The minimum Gasteiger partial charge on any atom is -0.481 e. The number of nitrogens with one attached hydrogen (secondary N) is 1. The van der Waals surface area contributed by atoms with Crippen molar-refractivity contribution in [3.63, 3.8) is 0 Å². The van der Waals surface area contributed by atoms with Crippen LogP contribution in [-0.2, 0) is 9.59 Å². The molecule has 1 atom stereocenters. The zero-order valence-corrected chi connectivity index (χ0v) is 11.9. The Balaban J connectivity index is 2.71. The van der Waals surface area contributed by atoms with Crippen molar-refractivity contribution in [1.29, 1.82) is 0 Å². The standard InChI is InChI=1S/C11H11Cl3N2O3/c12-5-3-7(14)9(4-6(5)13)16-11(19)8(15)1-2-10(17)18/h3-4,8H,1-2,15H2,(H,16,19)(H,17,18). The summed E-state index contributed by atoms with van der Waals surface area (Å²) in [6.45, 7) is 0. The van der Waals surface area contributed by atoms with E-state index in [4.69, 9.17) is 45.6 Å². The van der Waals surface area contributed by atoms with Crippen LogP contribution in [-0.4, -0.2) is 23.0 Å². The molecule has 0 bridgehead atoms. The van der Waals surface area contributed by atoms with Crippen molar-refractivity contribution in [3.05, 3.63) is 27.2 Å². The number of nitrogens with two attached hydrogens (primary N) is 1. The largest absolute Gasteiger partial charge is 0.481 e. The smallest absolute Gasteiger partial charge is 0.303 e. The third kappa shape index (κ3) is 4.87. The molecule has 0 heterocycles. The summed E-state index contributed by atoms with van der Waals surface area (Å²) in [6.07, 6.45) is -0.163. The van der Waals surface area contributed by atoms with E-state index in [2.05, 4.69) is 5.32 Å². The van der Waals surface area contributed by atoms with Crippen molar-refractivity contribution in [2.45, 2.75) is 18.9 Å². The SMILES string of the molecule is NC(CCC(=O)O)C(=O)Nc1cc(Cl)c(Cl)cc1Cl. The zero-order chi connectivity index (χ0) is 14.6. The van der Waals surface area contributed by atoms with Crippen LogP contribution in [0.4, 0.5) is 5.69 Å². The number of hydrogen-bond acceptors (Lipinski definition) is 3. The van der Waals surface area contributed by atoms with Gasteiger partial charge in [0.15, 0.2) is 0 Å². The van der Waals surface area contributed by atoms with Crippen molar-refractivity contribution >= 4 is 52.4 Å². The number of carbonyl (C=O) groups excluding carboxylic acids is 1. The Morgan fingerprint density at radius 2 is 1.79 bits per heavy atom. The molecule has 0 saturated carbocycles. The van der Waals surface area contributed by atoms with Crippen LogP contribution in [0.3, 0.4) is 0 Å². The highest BCUT2D eigenvalue weighted by atomic mass is 35.5. The molecule has 19 heavy (non-hydrogen) atoms. The molecule has 0 fully saturated rings. The van der Waals surface area contributed by atoms with E-state index in [1.165, 1.54) is 12.1 Å². The maximum atomic E-state index is 11.7. The van der Waals surface area contributed by atoms with Gasteiger partial charge in [-0.05, 0) is 18.6 Å². The molecule has 1 unspecified atom stereocenters. The van der Waals surface area contributed by atoms with E-state index in [0.29, 0.717) is 0 Å². The molecule has 1 rings (SSSR count). The van der Waals surface area contributed by atoms with Crippen molar-refractivity contribution < 1.29 is 14.7 Å². The predicted molar refractivity (Wildman–Crippen MR) is 74.9 cm³/mol. The molecule has 0 aliphatic heterocycles. The van der Waals surface area contributed by atoms with Crippen molar-refractivity contribution in [1.82, 2.24) is 0 Å². The monoisotopic (exact) mass is 324 g/mol. The van der Waals surface area contributed by atoms with Gasteiger partial charge in [-0.15, -0.1) is 0 Å². The highest BCUT2D eigenvalue weighted by Gasteiger charge is 2.16. The minimum absolute atomic E-state index is 0.0279. The Morgan fingerprint density at radius 1 is 1.21 bits per heavy atom. The van der Waals surface area contributed by atoms with Gasteiger partial charge in [-0.1, -0.05) is 34.8 Å². The van der Waals surface area contributed by atoms with E-state index in [-0.39, 0.29) is 33.6 Å². The molecule has 5 nitrogen and oxygen atoms in total. The Morgan fingerprint density at radius 3 is 2.37 bits per heavy atom. The lowest BCUT2D eigenvalue weighted by Gasteiger charge is -2.13. The summed E-state index contributed by atoms with van der Waals surface area (Å²) in [4.78, 5) is 22.1. The van der Waals surface area contributed by atoms with Gasteiger partial charge in [-0.25, -0.2) is 0 Å². The van der Waals surface area contributed by atoms with Gasteiger partial charge in [0.25, 0.3) is 0 Å². The lowest BCUT2D eigenvalue weighted by atomic mass is 10.1. The molecule has 1 amide bonds. The van der Waals surface area contributed by atoms with Gasteiger partial charge in [0.2, 0.25) is 5.91 Å². The number of carboxylic acid groups (broad SMARTS) is 1. The quantitative estimate of drug-likeness (QED) is 0.726. The Bertz CT molecular complexity index is 508. The topological polar surface area (TPSA) is 92.4 Å². The van der Waals surface area contributed by atoms with E-state index in [0.717, 1.165) is 0 Å². The first-order chi connectivity index (χ1) is 8.81. The van der Waals surface area contributed by atoms with Gasteiger partial charge < -0.3 is 16.2 Å². The van der Waals surface area contributed by atoms with E-state index >= 15 is 0 Å². The predicted octanol–water partition coefficient (Wildman–Crippen LogP) is 2.78. The molecule has 0 aliphatic carbocycles. The van der Waals surface area contributed by atoms with Crippen LogP contribution in [0.5, 0.6) is 0 Å². The summed E-state index contributed by atoms with van der Waals surface area (Å²) in [5, 5.41) is 11.7. The van der Waals surface area contributed by atoms with Crippen LogP contribution in [0.2, 0.25) is 15.1 Å². The van der Waals surface area contributed by atoms with Gasteiger partial charge in [0.05, 0.1) is 26.8 Å². The molecule has 4 N–H and O–H groups in total. The molecule has 104 valence electrons. The second-order valence-corrected chi connectivity index (χ2v) is 5.00. The summed E-state index contributed by atoms with van der Waals surface area (Å²) in [5.74, 6) is -1.56. The number of aliphatic carboxylic acids is 1. The van der Waals surface area contributed by atoms with Crippen LogP contribution in [0.1, 0.15) is 12.8 Å². The van der Waals surface area contributed by atoms with Gasteiger partial charge in [-0.3, -0.25) is 9.59 Å². The molecule has 0 saturated heterocycles. The van der Waals surface area contributed by atoms with E-state index in [1.54, 1.807) is 0 Å². The number of amides is 1. The average molecular weight is 326 g/mol. The molecule has 0 aromatic heterocycles. The molecule has 1 aromatic rings. The minimum atomic E-state index is -1.02. The molecular weight excluding hydrogens is 314 g/mol. The second kappa shape index (κ2) is 6.96. The highest BCUT2D eigenvalue weighted by molar-refractivity contribution is 6.44. The fourth-order valence-corrected chi connectivity index (χ4v) is 1.85. The van der Waals surface area contributed by atoms with Crippen LogP contribution in [0.25, 0.3) is 0 Å². The van der Waals surface area contributed by atoms with Crippen molar-refractivity contribution in [3.8, 4) is 0 Å². The number of benzene rings is 1. The third-order valence-corrected chi connectivity index (χ3v) is 3.31. The first-order valence-electron chi connectivity index (χ1n) is 5.24. The van der Waals surface area contributed by atoms with Gasteiger partial charge in [-0.2, -0.15) is 0 Å². The molecule has 0 aliphatic rings. The number of rotatable bonds is 5. The summed E-state index contributed by atoms with van der Waals surface area (Å²) in [5.41, 5.74) is 5.82. The van der Waals surface area contributed by atoms with Crippen LogP contribution >= 0.6 is 34.8 Å². The lowest BCUT2D eigenvalue weighted by Crippen LogP contribution is -2.36. The number of hydrogen-bond donors (Lipinski definition) is 3. The fraction of sp³-hybridized carbons (Fsp3) is 0.273. The number of anilines is 1. The average Bonchev–Trinajstić information content (AvgIpc) is 2.32. The third-order valence-electron chi connectivity index (χ3n) is 2.27. The number of carbonyl (C=O) groups is 2. The molecular formula is C11H11Cl3N2O3. The Labute approximate surface area is 124 Å². The van der Waals surface area contributed by atoms with Crippen LogP contribution < -0.4 is 11.1 Å². The van der Waals surface area contributed by atoms with E-state index in [9.17, 15) is 9.59 Å². The highest BCUT2D eigenvalue weighted by Crippen LogP contribution is 2.32. The van der Waals surface area contributed by atoms with E-state index < -0.39 is 17.9 Å². The number of carboxylic acids is 1. The molecule has 8 heteroatoms. The van der Waals surface area contributed by atoms with Gasteiger partial charge in [0, 0.05) is 6.42 Å². The first-order valence-corrected chi connectivity index (χ1v) is 6.37. The maximum absolute atomic E-state index is 11.7. The summed E-state index contributed by atoms with van der Waals surface area (Å²) in [6, 6.07) is 1.85. The summed E-state index contributed by atoms with van der Waals surface area (Å²) < 4.78 is 0. The van der Waals surface area contributed by atoms with Crippen LogP contribution in [0, 0.1) is 0 Å². The van der Waals surface area contributed by atoms with E-state index in [1.807, 2.05) is 0 Å². The first kappa shape index (κ1) is 16.0. The Hall–Kier alpha value is -1.01. The second-order valence-electron chi connectivity index (χ2n) is 3.77. The lowest BCUT2D eigenvalue weighted by molar-refractivity contribution is -0.137.